The van der Waals surface area contributed by atoms with Gasteiger partial charge in [0, 0.05) is 32.2 Å². The van der Waals surface area contributed by atoms with Crippen molar-refractivity contribution in [3.63, 3.8) is 0 Å². The van der Waals surface area contributed by atoms with Crippen molar-refractivity contribution < 1.29 is 4.74 Å². The Balaban J connectivity index is 1.85. The maximum atomic E-state index is 5.25. The largest absolute Gasteiger partial charge is 0.382 e. The molecule has 0 saturated carbocycles. The molecule has 0 aromatic carbocycles. The van der Waals surface area contributed by atoms with Gasteiger partial charge in [0.2, 0.25) is 0 Å². The fourth-order valence-electron chi connectivity index (χ4n) is 1.30. The first kappa shape index (κ1) is 11.3. The van der Waals surface area contributed by atoms with Gasteiger partial charge in [-0.3, -0.25) is 0 Å². The van der Waals surface area contributed by atoms with Crippen molar-refractivity contribution in [2.45, 2.75) is 26.3 Å². The Labute approximate surface area is 85.9 Å². The molecular weight excluding hydrogens is 176 g/mol. The number of nitrogens with one attached hydrogen (secondary N) is 2. The molecule has 2 N–H and O–H groups in total. The van der Waals surface area contributed by atoms with E-state index in [0.29, 0.717) is 0 Å². The number of aromatic amines is 1. The van der Waals surface area contributed by atoms with Crippen molar-refractivity contribution in [3.8, 4) is 0 Å². The van der Waals surface area contributed by atoms with E-state index in [9.17, 15) is 0 Å². The fourth-order valence-corrected chi connectivity index (χ4v) is 1.30. The van der Waals surface area contributed by atoms with Crippen molar-refractivity contribution in [2.24, 2.45) is 0 Å². The van der Waals surface area contributed by atoms with Gasteiger partial charge in [0.1, 0.15) is 0 Å². The number of rotatable bonds is 8. The lowest BCUT2D eigenvalue weighted by atomic mass is 10.3. The highest BCUT2D eigenvalue weighted by Crippen LogP contribution is 1.95. The Morgan fingerprint density at radius 2 is 2.36 bits per heavy atom. The lowest BCUT2D eigenvalue weighted by molar-refractivity contribution is 0.143. The summed E-state index contributed by atoms with van der Waals surface area (Å²) in [7, 11) is 0. The van der Waals surface area contributed by atoms with Crippen LogP contribution in [0.3, 0.4) is 0 Å². The molecule has 3 nitrogen and oxygen atoms in total. The average molecular weight is 196 g/mol. The highest BCUT2D eigenvalue weighted by molar-refractivity contribution is 5.07. The highest BCUT2D eigenvalue weighted by atomic mass is 16.5. The molecule has 0 unspecified atom stereocenters. The number of ether oxygens (including phenoxy) is 1. The molecule has 14 heavy (non-hydrogen) atoms. The molecule has 0 atom stereocenters. The van der Waals surface area contributed by atoms with Crippen molar-refractivity contribution in [1.29, 1.82) is 0 Å². The van der Waals surface area contributed by atoms with E-state index in [1.54, 1.807) is 0 Å². The van der Waals surface area contributed by atoms with Gasteiger partial charge in [-0.25, -0.2) is 0 Å². The van der Waals surface area contributed by atoms with Crippen molar-refractivity contribution >= 4 is 0 Å². The lowest BCUT2D eigenvalue weighted by Gasteiger charge is -2.03. The van der Waals surface area contributed by atoms with E-state index in [2.05, 4.69) is 16.4 Å². The molecular formula is C11H20N2O. The summed E-state index contributed by atoms with van der Waals surface area (Å²) in [5, 5.41) is 3.39. The van der Waals surface area contributed by atoms with Gasteiger partial charge < -0.3 is 15.0 Å². The van der Waals surface area contributed by atoms with E-state index >= 15 is 0 Å². The maximum Gasteiger partial charge on any atom is 0.0466 e. The van der Waals surface area contributed by atoms with Crippen molar-refractivity contribution in [1.82, 2.24) is 10.3 Å². The molecule has 0 saturated heterocycles. The molecule has 0 amide bonds. The third-order valence-corrected chi connectivity index (χ3v) is 2.09. The third kappa shape index (κ3) is 5.04. The number of aromatic nitrogens is 1. The Hall–Kier alpha value is -0.800. The highest BCUT2D eigenvalue weighted by Gasteiger charge is 1.92. The van der Waals surface area contributed by atoms with Crippen LogP contribution in [0.1, 0.15) is 25.3 Å². The number of unbranched alkanes of at least 4 members (excludes halogenated alkanes) is 1. The van der Waals surface area contributed by atoms with Gasteiger partial charge >= 0.3 is 0 Å². The zero-order valence-corrected chi connectivity index (χ0v) is 8.88. The Bertz CT molecular complexity index is 209. The minimum absolute atomic E-state index is 0.830. The predicted octanol–water partition coefficient (Wildman–Crippen LogP) is 1.92. The van der Waals surface area contributed by atoms with Gasteiger partial charge in [-0.15, -0.1) is 0 Å². The van der Waals surface area contributed by atoms with E-state index < -0.39 is 0 Å². The van der Waals surface area contributed by atoms with Crippen LogP contribution < -0.4 is 5.32 Å². The average Bonchev–Trinajstić information content (AvgIpc) is 2.69. The SMILES string of the molecule is CCOCCCCNCc1cc[nH]c1. The molecule has 1 aromatic heterocycles. The lowest BCUT2D eigenvalue weighted by Crippen LogP contribution is -2.14. The van der Waals surface area contributed by atoms with Gasteiger partial charge in [0.25, 0.3) is 0 Å². The molecule has 0 aliphatic rings. The summed E-state index contributed by atoms with van der Waals surface area (Å²) in [5.41, 5.74) is 1.31. The fraction of sp³-hybridized carbons (Fsp3) is 0.636. The summed E-state index contributed by atoms with van der Waals surface area (Å²) in [6.45, 7) is 5.78. The van der Waals surface area contributed by atoms with Crippen LogP contribution >= 0.6 is 0 Å². The third-order valence-electron chi connectivity index (χ3n) is 2.09. The zero-order chi connectivity index (χ0) is 10.1. The second kappa shape index (κ2) is 7.59. The standard InChI is InChI=1S/C11H20N2O/c1-2-14-8-4-3-6-12-9-11-5-7-13-10-11/h5,7,10,12-13H,2-4,6,8-9H2,1H3. The van der Waals surface area contributed by atoms with Crippen molar-refractivity contribution in [2.75, 3.05) is 19.8 Å². The Kier molecular flexibility index (Phi) is 6.11. The minimum Gasteiger partial charge on any atom is -0.382 e. The molecule has 3 heteroatoms. The normalized spacial score (nSPS) is 10.6. The molecule has 1 aromatic rings. The van der Waals surface area contributed by atoms with Gasteiger partial charge in [-0.05, 0) is 37.9 Å². The van der Waals surface area contributed by atoms with Crippen LogP contribution in [-0.4, -0.2) is 24.7 Å². The van der Waals surface area contributed by atoms with Gasteiger partial charge in [-0.2, -0.15) is 0 Å². The summed E-state index contributed by atoms with van der Waals surface area (Å²) >= 11 is 0. The van der Waals surface area contributed by atoms with Crippen LogP contribution in [0.15, 0.2) is 18.5 Å². The van der Waals surface area contributed by atoms with Gasteiger partial charge in [-0.1, -0.05) is 0 Å². The smallest absolute Gasteiger partial charge is 0.0466 e. The van der Waals surface area contributed by atoms with Crippen LogP contribution in [0.4, 0.5) is 0 Å². The first-order chi connectivity index (χ1) is 6.93. The molecule has 1 heterocycles. The molecule has 80 valence electrons. The van der Waals surface area contributed by atoms with Gasteiger partial charge in [0.05, 0.1) is 0 Å². The monoisotopic (exact) mass is 196 g/mol. The van der Waals surface area contributed by atoms with E-state index in [1.807, 2.05) is 19.3 Å². The zero-order valence-electron chi connectivity index (χ0n) is 8.88. The van der Waals surface area contributed by atoms with Crippen LogP contribution in [0.5, 0.6) is 0 Å². The first-order valence-electron chi connectivity index (χ1n) is 5.33. The molecule has 0 spiro atoms. The quantitative estimate of drug-likeness (QED) is 0.623. The Morgan fingerprint density at radius 3 is 3.07 bits per heavy atom. The first-order valence-corrected chi connectivity index (χ1v) is 5.33. The molecule has 1 rings (SSSR count). The molecule has 0 bridgehead atoms. The van der Waals surface area contributed by atoms with Crippen LogP contribution in [0.2, 0.25) is 0 Å². The van der Waals surface area contributed by atoms with Gasteiger partial charge in [0.15, 0.2) is 0 Å². The number of hydrogen-bond acceptors (Lipinski definition) is 2. The summed E-state index contributed by atoms with van der Waals surface area (Å²) in [4.78, 5) is 3.04. The Morgan fingerprint density at radius 1 is 1.43 bits per heavy atom. The topological polar surface area (TPSA) is 37.0 Å². The van der Waals surface area contributed by atoms with Crippen LogP contribution in [0, 0.1) is 0 Å². The maximum absolute atomic E-state index is 5.25. The van der Waals surface area contributed by atoms with E-state index in [0.717, 1.165) is 32.7 Å². The summed E-state index contributed by atoms with van der Waals surface area (Å²) in [6, 6.07) is 2.09. The van der Waals surface area contributed by atoms with E-state index in [1.165, 1.54) is 12.0 Å². The molecule has 0 aliphatic carbocycles. The van der Waals surface area contributed by atoms with Crippen LogP contribution in [-0.2, 0) is 11.3 Å². The molecule has 0 aliphatic heterocycles. The van der Waals surface area contributed by atoms with E-state index in [-0.39, 0.29) is 0 Å². The molecule has 0 fully saturated rings. The number of hydrogen-bond donors (Lipinski definition) is 2. The van der Waals surface area contributed by atoms with Crippen molar-refractivity contribution in [3.05, 3.63) is 24.0 Å². The molecule has 0 radical (unpaired) electrons. The summed E-state index contributed by atoms with van der Waals surface area (Å²) < 4.78 is 5.25. The number of H-pyrrole nitrogens is 1. The predicted molar refractivity (Wildman–Crippen MR) is 58.2 cm³/mol. The summed E-state index contributed by atoms with van der Waals surface area (Å²) in [6.07, 6.45) is 6.30. The van der Waals surface area contributed by atoms with Crippen LogP contribution in [0.25, 0.3) is 0 Å². The summed E-state index contributed by atoms with van der Waals surface area (Å²) in [5.74, 6) is 0. The second-order valence-electron chi connectivity index (χ2n) is 3.30. The minimum atomic E-state index is 0.830. The second-order valence-corrected chi connectivity index (χ2v) is 3.30. The van der Waals surface area contributed by atoms with E-state index in [4.69, 9.17) is 4.74 Å².